The van der Waals surface area contributed by atoms with E-state index in [4.69, 9.17) is 14.2 Å². The van der Waals surface area contributed by atoms with Gasteiger partial charge in [-0.2, -0.15) is 0 Å². The summed E-state index contributed by atoms with van der Waals surface area (Å²) in [4.78, 5) is 11.1. The molecule has 104 valence electrons. The maximum absolute atomic E-state index is 11.1. The van der Waals surface area contributed by atoms with Gasteiger partial charge >= 0.3 is 0 Å². The molecule has 1 fully saturated rings. The van der Waals surface area contributed by atoms with Gasteiger partial charge in [0, 0.05) is 12.8 Å². The van der Waals surface area contributed by atoms with Crippen molar-refractivity contribution in [3.05, 3.63) is 24.3 Å². The SMILES string of the molecule is COc1ccc(OCCOC2CCC(=O)CC2)cc1. The van der Waals surface area contributed by atoms with Crippen molar-refractivity contribution < 1.29 is 19.0 Å². The number of carbonyl (C=O) groups excluding carboxylic acids is 1. The maximum Gasteiger partial charge on any atom is 0.133 e. The molecule has 4 heteroatoms. The molecule has 1 aliphatic rings. The molecule has 0 spiro atoms. The van der Waals surface area contributed by atoms with Crippen molar-refractivity contribution in [3.63, 3.8) is 0 Å². The Balaban J connectivity index is 1.62. The zero-order valence-corrected chi connectivity index (χ0v) is 11.3. The van der Waals surface area contributed by atoms with Crippen LogP contribution in [0.15, 0.2) is 24.3 Å². The minimum absolute atomic E-state index is 0.220. The van der Waals surface area contributed by atoms with Crippen LogP contribution in [0.5, 0.6) is 11.5 Å². The molecule has 2 rings (SSSR count). The van der Waals surface area contributed by atoms with E-state index >= 15 is 0 Å². The first-order valence-electron chi connectivity index (χ1n) is 6.68. The van der Waals surface area contributed by atoms with Crippen molar-refractivity contribution in [2.75, 3.05) is 20.3 Å². The Bertz CT molecular complexity index is 389. The van der Waals surface area contributed by atoms with E-state index in [0.717, 1.165) is 24.3 Å². The second-order valence-corrected chi connectivity index (χ2v) is 4.63. The van der Waals surface area contributed by atoms with Crippen LogP contribution in [0.1, 0.15) is 25.7 Å². The summed E-state index contributed by atoms with van der Waals surface area (Å²) < 4.78 is 16.3. The van der Waals surface area contributed by atoms with Crippen molar-refractivity contribution in [1.29, 1.82) is 0 Å². The van der Waals surface area contributed by atoms with E-state index in [-0.39, 0.29) is 6.10 Å². The summed E-state index contributed by atoms with van der Waals surface area (Å²) in [5.74, 6) is 1.98. The summed E-state index contributed by atoms with van der Waals surface area (Å²) in [6, 6.07) is 7.47. The van der Waals surface area contributed by atoms with Crippen LogP contribution in [0.25, 0.3) is 0 Å². The smallest absolute Gasteiger partial charge is 0.133 e. The highest BCUT2D eigenvalue weighted by atomic mass is 16.5. The number of hydrogen-bond donors (Lipinski definition) is 0. The number of rotatable bonds is 6. The van der Waals surface area contributed by atoms with E-state index < -0.39 is 0 Å². The van der Waals surface area contributed by atoms with Crippen LogP contribution < -0.4 is 9.47 Å². The van der Waals surface area contributed by atoms with Gasteiger partial charge in [-0.05, 0) is 37.1 Å². The van der Waals surface area contributed by atoms with Crippen molar-refractivity contribution in [3.8, 4) is 11.5 Å². The standard InChI is InChI=1S/C15H20O4/c1-17-13-6-8-15(9-7-13)19-11-10-18-14-4-2-12(16)3-5-14/h6-9,14H,2-5,10-11H2,1H3. The highest BCUT2D eigenvalue weighted by Crippen LogP contribution is 2.19. The van der Waals surface area contributed by atoms with Gasteiger partial charge in [-0.15, -0.1) is 0 Å². The largest absolute Gasteiger partial charge is 0.497 e. The monoisotopic (exact) mass is 264 g/mol. The van der Waals surface area contributed by atoms with Gasteiger partial charge < -0.3 is 14.2 Å². The number of carbonyl (C=O) groups is 1. The Morgan fingerprint density at radius 3 is 2.32 bits per heavy atom. The van der Waals surface area contributed by atoms with Crippen molar-refractivity contribution >= 4 is 5.78 Å². The van der Waals surface area contributed by atoms with E-state index in [1.807, 2.05) is 24.3 Å². The fourth-order valence-electron chi connectivity index (χ4n) is 2.13. The summed E-state index contributed by atoms with van der Waals surface area (Å²) in [6.07, 6.45) is 3.23. The van der Waals surface area contributed by atoms with E-state index in [9.17, 15) is 4.79 Å². The molecule has 0 heterocycles. The fourth-order valence-corrected chi connectivity index (χ4v) is 2.13. The first kappa shape index (κ1) is 13.9. The molecule has 4 nitrogen and oxygen atoms in total. The van der Waals surface area contributed by atoms with Gasteiger partial charge in [-0.25, -0.2) is 0 Å². The minimum Gasteiger partial charge on any atom is -0.497 e. The number of ether oxygens (including phenoxy) is 3. The summed E-state index contributed by atoms with van der Waals surface area (Å²) >= 11 is 0. The predicted molar refractivity (Wildman–Crippen MR) is 71.7 cm³/mol. The molecule has 0 radical (unpaired) electrons. The van der Waals surface area contributed by atoms with Crippen molar-refractivity contribution in [2.24, 2.45) is 0 Å². The molecule has 0 bridgehead atoms. The molecule has 19 heavy (non-hydrogen) atoms. The molecular weight excluding hydrogens is 244 g/mol. The Hall–Kier alpha value is -1.55. The Kier molecular flexibility index (Phi) is 5.21. The van der Waals surface area contributed by atoms with Crippen molar-refractivity contribution in [2.45, 2.75) is 31.8 Å². The summed E-state index contributed by atoms with van der Waals surface area (Å²) in [5.41, 5.74) is 0. The highest BCUT2D eigenvalue weighted by Gasteiger charge is 2.18. The third-order valence-electron chi connectivity index (χ3n) is 3.26. The first-order valence-corrected chi connectivity index (χ1v) is 6.68. The van der Waals surface area contributed by atoms with Crippen LogP contribution in [0, 0.1) is 0 Å². The normalized spacial score (nSPS) is 16.4. The summed E-state index contributed by atoms with van der Waals surface area (Å²) in [5, 5.41) is 0. The van der Waals surface area contributed by atoms with Crippen LogP contribution in [-0.2, 0) is 9.53 Å². The lowest BCUT2D eigenvalue weighted by atomic mass is 9.97. The van der Waals surface area contributed by atoms with E-state index in [0.29, 0.717) is 31.8 Å². The molecular formula is C15H20O4. The zero-order chi connectivity index (χ0) is 13.5. The van der Waals surface area contributed by atoms with Crippen LogP contribution in [0.2, 0.25) is 0 Å². The molecule has 1 saturated carbocycles. The van der Waals surface area contributed by atoms with Gasteiger partial charge in [0.15, 0.2) is 0 Å². The fraction of sp³-hybridized carbons (Fsp3) is 0.533. The molecule has 0 aliphatic heterocycles. The van der Waals surface area contributed by atoms with Gasteiger partial charge in [-0.3, -0.25) is 4.79 Å². The van der Waals surface area contributed by atoms with Gasteiger partial charge in [0.1, 0.15) is 23.9 Å². The lowest BCUT2D eigenvalue weighted by Gasteiger charge is -2.21. The number of ketones is 1. The number of methoxy groups -OCH3 is 1. The van der Waals surface area contributed by atoms with Crippen LogP contribution in [0.4, 0.5) is 0 Å². The van der Waals surface area contributed by atoms with E-state index in [1.54, 1.807) is 7.11 Å². The molecule has 0 aromatic heterocycles. The van der Waals surface area contributed by atoms with Crippen LogP contribution >= 0.6 is 0 Å². The molecule has 1 aromatic rings. The zero-order valence-electron chi connectivity index (χ0n) is 11.3. The molecule has 0 unspecified atom stereocenters. The average molecular weight is 264 g/mol. The quantitative estimate of drug-likeness (QED) is 0.741. The molecule has 1 aliphatic carbocycles. The third kappa shape index (κ3) is 4.56. The predicted octanol–water partition coefficient (Wildman–Crippen LogP) is 2.60. The molecule has 0 N–H and O–H groups in total. The summed E-state index contributed by atoms with van der Waals surface area (Å²) in [6.45, 7) is 1.08. The minimum atomic E-state index is 0.220. The molecule has 1 aromatic carbocycles. The van der Waals surface area contributed by atoms with Gasteiger partial charge in [0.2, 0.25) is 0 Å². The Morgan fingerprint density at radius 2 is 1.68 bits per heavy atom. The second kappa shape index (κ2) is 7.14. The number of benzene rings is 1. The average Bonchev–Trinajstić information content (AvgIpc) is 2.46. The van der Waals surface area contributed by atoms with Crippen molar-refractivity contribution in [1.82, 2.24) is 0 Å². The lowest BCUT2D eigenvalue weighted by molar-refractivity contribution is -0.123. The highest BCUT2D eigenvalue weighted by molar-refractivity contribution is 5.79. The topological polar surface area (TPSA) is 44.8 Å². The number of hydrogen-bond acceptors (Lipinski definition) is 4. The third-order valence-corrected chi connectivity index (χ3v) is 3.26. The van der Waals surface area contributed by atoms with E-state index in [1.165, 1.54) is 0 Å². The Morgan fingerprint density at radius 1 is 1.05 bits per heavy atom. The lowest BCUT2D eigenvalue weighted by Crippen LogP contribution is -2.23. The second-order valence-electron chi connectivity index (χ2n) is 4.63. The van der Waals surface area contributed by atoms with Gasteiger partial charge in [-0.1, -0.05) is 0 Å². The first-order chi connectivity index (χ1) is 9.28. The van der Waals surface area contributed by atoms with Crippen LogP contribution in [-0.4, -0.2) is 32.2 Å². The maximum atomic E-state index is 11.1. The molecule has 0 amide bonds. The molecule has 0 saturated heterocycles. The molecule has 0 atom stereocenters. The van der Waals surface area contributed by atoms with Crippen LogP contribution in [0.3, 0.4) is 0 Å². The van der Waals surface area contributed by atoms with Gasteiger partial charge in [0.25, 0.3) is 0 Å². The van der Waals surface area contributed by atoms with E-state index in [2.05, 4.69) is 0 Å². The number of Topliss-reactive ketones (excluding diaryl/α,β-unsaturated/α-hetero) is 1. The Labute approximate surface area is 113 Å². The summed E-state index contributed by atoms with van der Waals surface area (Å²) in [7, 11) is 1.64. The van der Waals surface area contributed by atoms with Gasteiger partial charge in [0.05, 0.1) is 19.8 Å².